The van der Waals surface area contributed by atoms with E-state index in [1.165, 1.54) is 15.3 Å². The van der Waals surface area contributed by atoms with Crippen molar-refractivity contribution < 1.29 is 4.43 Å². The number of para-hydroxylation sites is 1. The molecule has 0 saturated carbocycles. The molecule has 0 amide bonds. The highest BCUT2D eigenvalue weighted by Crippen LogP contribution is 2.37. The summed E-state index contributed by atoms with van der Waals surface area (Å²) < 4.78 is 7.15. The van der Waals surface area contributed by atoms with E-state index < -0.39 is 8.32 Å². The second kappa shape index (κ2) is 13.2. The average Bonchev–Trinajstić information content (AvgIpc) is 2.94. The van der Waals surface area contributed by atoms with Crippen molar-refractivity contribution in [3.8, 4) is 0 Å². The molecular formula is C33H35NOS2Si. The first-order chi connectivity index (χ1) is 18.4. The van der Waals surface area contributed by atoms with Crippen molar-refractivity contribution in [1.29, 1.82) is 0 Å². The maximum Gasteiger partial charge on any atom is 0.261 e. The van der Waals surface area contributed by atoms with E-state index in [-0.39, 0.29) is 5.04 Å². The van der Waals surface area contributed by atoms with E-state index in [0.717, 1.165) is 16.2 Å². The predicted octanol–water partition coefficient (Wildman–Crippen LogP) is 8.07. The first kappa shape index (κ1) is 28.1. The van der Waals surface area contributed by atoms with Gasteiger partial charge in [0.1, 0.15) is 4.99 Å². The van der Waals surface area contributed by atoms with Gasteiger partial charge in [-0.15, -0.1) is 0 Å². The lowest BCUT2D eigenvalue weighted by Crippen LogP contribution is -2.66. The number of hydrogen-bond acceptors (Lipinski definition) is 3. The van der Waals surface area contributed by atoms with Crippen LogP contribution in [0.2, 0.25) is 5.04 Å². The molecule has 0 saturated heterocycles. The highest BCUT2D eigenvalue weighted by Gasteiger charge is 2.50. The van der Waals surface area contributed by atoms with E-state index in [1.54, 1.807) is 11.8 Å². The molecule has 0 atom stereocenters. The minimum atomic E-state index is -2.61. The van der Waals surface area contributed by atoms with E-state index in [9.17, 15) is 0 Å². The van der Waals surface area contributed by atoms with Crippen LogP contribution in [-0.4, -0.2) is 19.9 Å². The van der Waals surface area contributed by atoms with E-state index in [1.807, 2.05) is 36.4 Å². The van der Waals surface area contributed by atoms with Crippen molar-refractivity contribution in [2.24, 2.45) is 0 Å². The third-order valence-corrected chi connectivity index (χ3v) is 12.9. The van der Waals surface area contributed by atoms with E-state index in [0.29, 0.717) is 13.0 Å². The molecule has 2 nitrogen and oxygen atoms in total. The minimum absolute atomic E-state index is 0.0683. The molecule has 4 aromatic carbocycles. The van der Waals surface area contributed by atoms with E-state index in [2.05, 4.69) is 116 Å². The molecule has 0 fully saturated rings. The number of thioether (sulfide) groups is 1. The molecule has 4 rings (SSSR count). The fourth-order valence-electron chi connectivity index (χ4n) is 4.67. The monoisotopic (exact) mass is 553 g/mol. The van der Waals surface area contributed by atoms with Gasteiger partial charge in [0.15, 0.2) is 0 Å². The Morgan fingerprint density at radius 1 is 0.763 bits per heavy atom. The SMILES string of the molecule is CC(C)(C)[Si](OCCC(=CSc1ccccc1)C(=S)Nc1ccccc1)(c1ccccc1)c1ccccc1. The van der Waals surface area contributed by atoms with Crippen molar-refractivity contribution in [2.45, 2.75) is 37.1 Å². The van der Waals surface area contributed by atoms with E-state index >= 15 is 0 Å². The highest BCUT2D eigenvalue weighted by atomic mass is 32.2. The quantitative estimate of drug-likeness (QED) is 0.0927. The van der Waals surface area contributed by atoms with Gasteiger partial charge in [-0.05, 0) is 57.1 Å². The van der Waals surface area contributed by atoms with E-state index in [4.69, 9.17) is 16.6 Å². The number of nitrogens with one attached hydrogen (secondary N) is 1. The summed E-state index contributed by atoms with van der Waals surface area (Å²) in [5.74, 6) is 0. The van der Waals surface area contributed by atoms with Gasteiger partial charge in [0.05, 0.1) is 0 Å². The normalized spacial score (nSPS) is 12.2. The molecule has 0 radical (unpaired) electrons. The number of anilines is 1. The van der Waals surface area contributed by atoms with Crippen LogP contribution in [-0.2, 0) is 4.43 Å². The molecule has 4 aromatic rings. The third kappa shape index (κ3) is 6.91. The molecule has 0 aromatic heterocycles. The lowest BCUT2D eigenvalue weighted by Gasteiger charge is -2.43. The molecule has 0 bridgehead atoms. The van der Waals surface area contributed by atoms with Gasteiger partial charge in [0.25, 0.3) is 8.32 Å². The van der Waals surface area contributed by atoms with Crippen LogP contribution in [0.4, 0.5) is 5.69 Å². The number of hydrogen-bond donors (Lipinski definition) is 1. The van der Waals surface area contributed by atoms with Crippen LogP contribution in [0.5, 0.6) is 0 Å². The summed E-state index contributed by atoms with van der Waals surface area (Å²) in [6.45, 7) is 7.50. The van der Waals surface area contributed by atoms with Gasteiger partial charge in [-0.1, -0.05) is 142 Å². The zero-order valence-corrected chi connectivity index (χ0v) is 24.9. The van der Waals surface area contributed by atoms with Crippen LogP contribution < -0.4 is 15.7 Å². The summed E-state index contributed by atoms with van der Waals surface area (Å²) in [5, 5.41) is 8.10. The molecule has 5 heteroatoms. The van der Waals surface area contributed by atoms with Gasteiger partial charge in [-0.2, -0.15) is 0 Å². The lowest BCUT2D eigenvalue weighted by molar-refractivity contribution is 0.303. The second-order valence-corrected chi connectivity index (χ2v) is 15.8. The Morgan fingerprint density at radius 3 is 1.74 bits per heavy atom. The topological polar surface area (TPSA) is 21.3 Å². The molecule has 0 unspecified atom stereocenters. The molecule has 0 spiro atoms. The first-order valence-corrected chi connectivity index (χ1v) is 16.1. The first-order valence-electron chi connectivity index (χ1n) is 12.9. The Kier molecular flexibility index (Phi) is 9.75. The fraction of sp³-hybridized carbons (Fsp3) is 0.182. The Hall–Kier alpha value is -2.96. The van der Waals surface area contributed by atoms with Crippen molar-refractivity contribution in [3.63, 3.8) is 0 Å². The molecule has 0 aliphatic carbocycles. The van der Waals surface area contributed by atoms with Crippen molar-refractivity contribution in [3.05, 3.63) is 132 Å². The molecule has 194 valence electrons. The molecular weight excluding hydrogens is 519 g/mol. The van der Waals surface area contributed by atoms with Crippen molar-refractivity contribution in [2.75, 3.05) is 11.9 Å². The van der Waals surface area contributed by atoms with Gasteiger partial charge in [-0.3, -0.25) is 0 Å². The minimum Gasteiger partial charge on any atom is -0.407 e. The lowest BCUT2D eigenvalue weighted by atomic mass is 10.2. The van der Waals surface area contributed by atoms with Gasteiger partial charge in [0.2, 0.25) is 0 Å². The zero-order chi connectivity index (χ0) is 26.8. The van der Waals surface area contributed by atoms with Crippen LogP contribution in [0.1, 0.15) is 27.2 Å². The zero-order valence-electron chi connectivity index (χ0n) is 22.3. The van der Waals surface area contributed by atoms with Gasteiger partial charge >= 0.3 is 0 Å². The standard InChI is InChI=1S/C33H35NOS2Si/c1-33(2,3)38(30-20-12-6-13-21-30,31-22-14-7-15-23-31)35-25-24-27(26-37-29-18-10-5-11-19-29)32(36)34-28-16-8-4-9-17-28/h4-23,26H,24-25H2,1-3H3,(H,34,36). The molecule has 38 heavy (non-hydrogen) atoms. The van der Waals surface area contributed by atoms with Crippen LogP contribution in [0.15, 0.2) is 137 Å². The Balaban J connectivity index is 1.63. The molecule has 0 aliphatic heterocycles. The van der Waals surface area contributed by atoms with Gasteiger partial charge in [-0.25, -0.2) is 0 Å². The third-order valence-electron chi connectivity index (χ3n) is 6.51. The maximum atomic E-state index is 7.15. The van der Waals surface area contributed by atoms with Gasteiger partial charge < -0.3 is 9.74 Å². The van der Waals surface area contributed by atoms with Crippen molar-refractivity contribution in [1.82, 2.24) is 0 Å². The van der Waals surface area contributed by atoms with Crippen LogP contribution in [0, 0.1) is 0 Å². The highest BCUT2D eigenvalue weighted by molar-refractivity contribution is 8.02. The number of benzene rings is 4. The molecule has 0 heterocycles. The van der Waals surface area contributed by atoms with Gasteiger partial charge in [0, 0.05) is 17.2 Å². The van der Waals surface area contributed by atoms with Crippen molar-refractivity contribution >= 4 is 53.3 Å². The summed E-state index contributed by atoms with van der Waals surface area (Å²) in [5.41, 5.74) is 2.05. The smallest absolute Gasteiger partial charge is 0.261 e. The number of rotatable bonds is 10. The molecule has 0 aliphatic rings. The largest absolute Gasteiger partial charge is 0.407 e. The summed E-state index contributed by atoms with van der Waals surface area (Å²) in [7, 11) is -2.61. The summed E-state index contributed by atoms with van der Waals surface area (Å²) in [6.07, 6.45) is 0.711. The van der Waals surface area contributed by atoms with Crippen LogP contribution >= 0.6 is 24.0 Å². The molecule has 1 N–H and O–H groups in total. The Bertz CT molecular complexity index is 1280. The Morgan fingerprint density at radius 2 is 1.24 bits per heavy atom. The number of thiocarbonyl (C=S) groups is 1. The average molecular weight is 554 g/mol. The summed E-state index contributed by atoms with van der Waals surface area (Å²) in [6, 6.07) is 42.0. The predicted molar refractivity (Wildman–Crippen MR) is 171 cm³/mol. The summed E-state index contributed by atoms with van der Waals surface area (Å²) in [4.78, 5) is 1.91. The summed E-state index contributed by atoms with van der Waals surface area (Å²) >= 11 is 7.59. The Labute approximate surface area is 238 Å². The maximum absolute atomic E-state index is 7.15. The van der Waals surface area contributed by atoms with Crippen LogP contribution in [0.25, 0.3) is 0 Å². The fourth-order valence-corrected chi connectivity index (χ4v) is 10.4. The second-order valence-electron chi connectivity index (χ2n) is 10.2. The van der Waals surface area contributed by atoms with Crippen LogP contribution in [0.3, 0.4) is 0 Å².